The summed E-state index contributed by atoms with van der Waals surface area (Å²) in [4.78, 5) is 13.6. The molecule has 2 N–H and O–H groups in total. The third-order valence-corrected chi connectivity index (χ3v) is 6.25. The SMILES string of the molecule is O=c1cc[nH]cc1S(=O)(=O)NCC1CCS(=O)(=O)C1. The summed E-state index contributed by atoms with van der Waals surface area (Å²) in [5, 5.41) is 0. The lowest BCUT2D eigenvalue weighted by Gasteiger charge is -2.09. The molecule has 1 aromatic heterocycles. The number of aromatic nitrogens is 1. The lowest BCUT2D eigenvalue weighted by atomic mass is 10.1. The topological polar surface area (TPSA) is 113 Å². The van der Waals surface area contributed by atoms with Gasteiger partial charge in [0.05, 0.1) is 11.5 Å². The molecule has 1 aliphatic rings. The monoisotopic (exact) mass is 306 g/mol. The summed E-state index contributed by atoms with van der Waals surface area (Å²) in [7, 11) is -6.94. The molecule has 1 unspecified atom stereocenters. The molecule has 19 heavy (non-hydrogen) atoms. The quantitative estimate of drug-likeness (QED) is 0.747. The molecule has 0 saturated carbocycles. The smallest absolute Gasteiger partial charge is 0.245 e. The van der Waals surface area contributed by atoms with Crippen LogP contribution in [0.15, 0.2) is 28.2 Å². The van der Waals surface area contributed by atoms with E-state index in [0.29, 0.717) is 6.42 Å². The van der Waals surface area contributed by atoms with Gasteiger partial charge in [0.25, 0.3) is 0 Å². The molecule has 1 atom stereocenters. The van der Waals surface area contributed by atoms with Crippen molar-refractivity contribution in [3.8, 4) is 0 Å². The second-order valence-corrected chi connectivity index (χ2v) is 8.46. The summed E-state index contributed by atoms with van der Waals surface area (Å²) < 4.78 is 48.6. The van der Waals surface area contributed by atoms with Crippen LogP contribution in [0.2, 0.25) is 0 Å². The van der Waals surface area contributed by atoms with Crippen LogP contribution in [0.4, 0.5) is 0 Å². The van der Waals surface area contributed by atoms with E-state index in [1.165, 1.54) is 6.20 Å². The number of pyridine rings is 1. The number of sulfone groups is 1. The molecule has 0 spiro atoms. The molecule has 0 amide bonds. The van der Waals surface area contributed by atoms with Crippen LogP contribution in [-0.4, -0.2) is 39.9 Å². The second kappa shape index (κ2) is 5.06. The summed E-state index contributed by atoms with van der Waals surface area (Å²) >= 11 is 0. The van der Waals surface area contributed by atoms with Crippen LogP contribution in [0.3, 0.4) is 0 Å². The normalized spacial score (nSPS) is 22.4. The van der Waals surface area contributed by atoms with Crippen LogP contribution in [-0.2, 0) is 19.9 Å². The highest BCUT2D eigenvalue weighted by Gasteiger charge is 2.29. The third kappa shape index (κ3) is 3.43. The van der Waals surface area contributed by atoms with Crippen LogP contribution >= 0.6 is 0 Å². The van der Waals surface area contributed by atoms with Gasteiger partial charge in [-0.05, 0) is 12.3 Å². The van der Waals surface area contributed by atoms with Gasteiger partial charge in [0, 0.05) is 25.0 Å². The summed E-state index contributed by atoms with van der Waals surface area (Å²) in [6.07, 6.45) is 2.89. The maximum atomic E-state index is 11.9. The third-order valence-electron chi connectivity index (χ3n) is 2.97. The zero-order valence-electron chi connectivity index (χ0n) is 10.00. The highest BCUT2D eigenvalue weighted by Crippen LogP contribution is 2.17. The maximum absolute atomic E-state index is 11.9. The van der Waals surface area contributed by atoms with E-state index in [0.717, 1.165) is 12.3 Å². The van der Waals surface area contributed by atoms with Crippen molar-refractivity contribution in [3.05, 3.63) is 28.7 Å². The highest BCUT2D eigenvalue weighted by atomic mass is 32.2. The molecule has 0 aromatic carbocycles. The van der Waals surface area contributed by atoms with Crippen LogP contribution in [0.5, 0.6) is 0 Å². The zero-order chi connectivity index (χ0) is 14.1. The Morgan fingerprint density at radius 2 is 2.16 bits per heavy atom. The number of hydrogen-bond donors (Lipinski definition) is 2. The first-order valence-corrected chi connectivity index (χ1v) is 8.98. The largest absolute Gasteiger partial charge is 0.366 e. The van der Waals surface area contributed by atoms with E-state index in [1.54, 1.807) is 0 Å². The lowest BCUT2D eigenvalue weighted by molar-refractivity contribution is 0.542. The molecule has 1 saturated heterocycles. The minimum atomic E-state index is -3.90. The molecular weight excluding hydrogens is 292 g/mol. The van der Waals surface area contributed by atoms with Crippen molar-refractivity contribution in [2.24, 2.45) is 5.92 Å². The van der Waals surface area contributed by atoms with Crippen LogP contribution in [0, 0.1) is 5.92 Å². The number of hydrogen-bond acceptors (Lipinski definition) is 5. The Morgan fingerprint density at radius 3 is 2.74 bits per heavy atom. The van der Waals surface area contributed by atoms with Gasteiger partial charge in [0.2, 0.25) is 15.5 Å². The van der Waals surface area contributed by atoms with Gasteiger partial charge < -0.3 is 4.98 Å². The Hall–Kier alpha value is -1.19. The van der Waals surface area contributed by atoms with Crippen LogP contribution in [0.25, 0.3) is 0 Å². The van der Waals surface area contributed by atoms with Crippen LogP contribution < -0.4 is 10.2 Å². The summed E-state index contributed by atoms with van der Waals surface area (Å²) in [5.74, 6) is -0.158. The van der Waals surface area contributed by atoms with Crippen molar-refractivity contribution in [1.82, 2.24) is 9.71 Å². The van der Waals surface area contributed by atoms with E-state index in [2.05, 4.69) is 9.71 Å². The fourth-order valence-corrected chi connectivity index (χ4v) is 4.98. The maximum Gasteiger partial charge on any atom is 0.245 e. The van der Waals surface area contributed by atoms with Gasteiger partial charge in [0.15, 0.2) is 9.84 Å². The van der Waals surface area contributed by atoms with Gasteiger partial charge in [-0.25, -0.2) is 21.6 Å². The van der Waals surface area contributed by atoms with Crippen LogP contribution in [0.1, 0.15) is 6.42 Å². The first-order valence-electron chi connectivity index (χ1n) is 5.67. The van der Waals surface area contributed by atoms with E-state index in [1.807, 2.05) is 0 Å². The Bertz CT molecular complexity index is 720. The number of H-pyrrole nitrogens is 1. The summed E-state index contributed by atoms with van der Waals surface area (Å²) in [5.41, 5.74) is -0.606. The Labute approximate surface area is 111 Å². The first kappa shape index (κ1) is 14.2. The minimum Gasteiger partial charge on any atom is -0.366 e. The lowest BCUT2D eigenvalue weighted by Crippen LogP contribution is -2.32. The minimum absolute atomic E-state index is 0.0132. The highest BCUT2D eigenvalue weighted by molar-refractivity contribution is 7.91. The fraction of sp³-hybridized carbons (Fsp3) is 0.500. The van der Waals surface area contributed by atoms with Gasteiger partial charge in [0.1, 0.15) is 4.90 Å². The van der Waals surface area contributed by atoms with Gasteiger partial charge in [-0.15, -0.1) is 0 Å². The van der Waals surface area contributed by atoms with E-state index in [9.17, 15) is 21.6 Å². The van der Waals surface area contributed by atoms with E-state index < -0.39 is 25.3 Å². The average Bonchev–Trinajstić information content (AvgIpc) is 2.67. The van der Waals surface area contributed by atoms with E-state index in [4.69, 9.17) is 0 Å². The molecule has 2 rings (SSSR count). The molecule has 1 fully saturated rings. The van der Waals surface area contributed by atoms with Crippen molar-refractivity contribution in [2.75, 3.05) is 18.1 Å². The number of rotatable bonds is 4. The molecule has 0 aliphatic carbocycles. The average molecular weight is 306 g/mol. The standard InChI is InChI=1S/C10H14N2O5S2/c13-9-1-3-11-6-10(9)19(16,17)12-5-8-2-4-18(14,15)7-8/h1,3,6,8,12H,2,4-5,7H2,(H,11,13). The van der Waals surface area contributed by atoms with E-state index >= 15 is 0 Å². The Balaban J connectivity index is 2.08. The Morgan fingerprint density at radius 1 is 1.42 bits per heavy atom. The van der Waals surface area contributed by atoms with Crippen molar-refractivity contribution in [2.45, 2.75) is 11.3 Å². The molecule has 106 valence electrons. The molecule has 0 radical (unpaired) electrons. The molecule has 1 aromatic rings. The second-order valence-electron chi connectivity index (χ2n) is 4.49. The van der Waals surface area contributed by atoms with Gasteiger partial charge in [-0.1, -0.05) is 0 Å². The van der Waals surface area contributed by atoms with Gasteiger partial charge in [-0.2, -0.15) is 0 Å². The zero-order valence-corrected chi connectivity index (χ0v) is 11.6. The first-order chi connectivity index (χ1) is 8.80. The van der Waals surface area contributed by atoms with Crippen molar-refractivity contribution >= 4 is 19.9 Å². The molecule has 7 nitrogen and oxygen atoms in total. The Kier molecular flexibility index (Phi) is 3.79. The number of sulfonamides is 1. The molecule has 0 bridgehead atoms. The predicted molar refractivity (Wildman–Crippen MR) is 69.0 cm³/mol. The fourth-order valence-electron chi connectivity index (χ4n) is 1.95. The van der Waals surface area contributed by atoms with Crippen molar-refractivity contribution in [3.63, 3.8) is 0 Å². The number of nitrogens with one attached hydrogen (secondary N) is 2. The van der Waals surface area contributed by atoms with Crippen molar-refractivity contribution in [1.29, 1.82) is 0 Å². The summed E-state index contributed by atoms with van der Waals surface area (Å²) in [6.45, 7) is 0.0237. The van der Waals surface area contributed by atoms with Gasteiger partial charge in [-0.3, -0.25) is 4.79 Å². The predicted octanol–water partition coefficient (Wildman–Crippen LogP) is -0.912. The molecule has 1 aliphatic heterocycles. The van der Waals surface area contributed by atoms with E-state index in [-0.39, 0.29) is 28.9 Å². The molecule has 9 heteroatoms. The van der Waals surface area contributed by atoms with Gasteiger partial charge >= 0.3 is 0 Å². The number of aromatic amines is 1. The molecular formula is C10H14N2O5S2. The summed E-state index contributed by atoms with van der Waals surface area (Å²) in [6, 6.07) is 1.12. The van der Waals surface area contributed by atoms with Crippen molar-refractivity contribution < 1.29 is 16.8 Å². The molecule has 2 heterocycles.